The minimum atomic E-state index is -1.10. The number of nitrogens with zero attached hydrogens (tertiary/aromatic N) is 2. The third kappa shape index (κ3) is 2.61. The Labute approximate surface area is 169 Å². The second-order valence-electron chi connectivity index (χ2n) is 7.43. The third-order valence-electron chi connectivity index (χ3n) is 5.51. The first-order valence-corrected chi connectivity index (χ1v) is 10.1. The zero-order valence-electron chi connectivity index (χ0n) is 15.8. The second kappa shape index (κ2) is 6.22. The predicted molar refractivity (Wildman–Crippen MR) is 107 cm³/mol. The van der Waals surface area contributed by atoms with Crippen LogP contribution in [0.2, 0.25) is 0 Å². The lowest BCUT2D eigenvalue weighted by Crippen LogP contribution is -2.58. The molecule has 7 heteroatoms. The van der Waals surface area contributed by atoms with E-state index in [0.29, 0.717) is 20.6 Å². The van der Waals surface area contributed by atoms with Gasteiger partial charge in [0.1, 0.15) is 23.3 Å². The predicted octanol–water partition coefficient (Wildman–Crippen LogP) is 2.41. The number of carbonyl (C=O) groups excluding carboxylic acids is 1. The molecule has 2 aromatic carbocycles. The topological polar surface area (TPSA) is 60.7 Å². The van der Waals surface area contributed by atoms with E-state index in [-0.39, 0.29) is 11.3 Å². The lowest BCUT2D eigenvalue weighted by atomic mass is 9.79. The van der Waals surface area contributed by atoms with E-state index in [2.05, 4.69) is 4.99 Å². The van der Waals surface area contributed by atoms with Gasteiger partial charge in [-0.25, -0.2) is 9.38 Å². The molecule has 0 radical (unpaired) electrons. The number of halogens is 1. The molecule has 3 aromatic rings. The smallest absolute Gasteiger partial charge is 0.270 e. The molecule has 0 N–H and O–H groups in total. The van der Waals surface area contributed by atoms with Gasteiger partial charge in [0.05, 0.1) is 10.6 Å². The second-order valence-corrected chi connectivity index (χ2v) is 8.44. The van der Waals surface area contributed by atoms with Crippen LogP contribution in [0.4, 0.5) is 4.39 Å². The lowest BCUT2D eigenvalue weighted by molar-refractivity contribution is -0.132. The van der Waals surface area contributed by atoms with Crippen molar-refractivity contribution in [2.45, 2.75) is 25.6 Å². The maximum absolute atomic E-state index is 14.1. The largest absolute Gasteiger partial charge is 0.465 e. The van der Waals surface area contributed by atoms with Crippen molar-refractivity contribution < 1.29 is 13.9 Å². The van der Waals surface area contributed by atoms with Gasteiger partial charge in [-0.1, -0.05) is 47.7 Å². The number of Topliss-reactive ketones (excluding diaryl/α,β-unsaturated/α-hetero) is 1. The van der Waals surface area contributed by atoms with Crippen LogP contribution in [0.15, 0.2) is 58.3 Å². The highest BCUT2D eigenvalue weighted by Gasteiger charge is 2.53. The molecule has 0 unspecified atom stereocenters. The van der Waals surface area contributed by atoms with Crippen LogP contribution in [0, 0.1) is 11.7 Å². The number of ether oxygens (including phenoxy) is 1. The molecule has 3 heterocycles. The number of hydrogen-bond acceptors (Lipinski definition) is 5. The molecule has 2 aliphatic rings. The Kier molecular flexibility index (Phi) is 3.86. The Morgan fingerprint density at radius 3 is 2.72 bits per heavy atom. The highest BCUT2D eigenvalue weighted by Crippen LogP contribution is 2.47. The third-order valence-corrected chi connectivity index (χ3v) is 6.49. The van der Waals surface area contributed by atoms with E-state index < -0.39 is 23.5 Å². The van der Waals surface area contributed by atoms with Crippen molar-refractivity contribution in [2.75, 3.05) is 0 Å². The van der Waals surface area contributed by atoms with Crippen molar-refractivity contribution in [3.63, 3.8) is 0 Å². The van der Waals surface area contributed by atoms with Gasteiger partial charge < -0.3 is 4.74 Å². The summed E-state index contributed by atoms with van der Waals surface area (Å²) in [5.74, 6) is -0.511. The first-order chi connectivity index (χ1) is 13.9. The Bertz CT molecular complexity index is 1340. The minimum absolute atomic E-state index is 0.0980. The molecule has 1 aromatic heterocycles. The SMILES string of the molecule is CC(=O)[C@@H]1[C@@H]2c3ccccc3O[C@]1(C)N=c1s/c(=C\c3ccccc3F)c(=O)n12. The zero-order chi connectivity index (χ0) is 20.3. The fraction of sp³-hybridized carbons (Fsp3) is 0.227. The van der Waals surface area contributed by atoms with Crippen LogP contribution in [-0.4, -0.2) is 16.1 Å². The molecule has 0 fully saturated rings. The molecule has 0 saturated carbocycles. The maximum Gasteiger partial charge on any atom is 0.270 e. The van der Waals surface area contributed by atoms with Crippen LogP contribution in [-0.2, 0) is 4.79 Å². The fourth-order valence-electron chi connectivity index (χ4n) is 4.29. The standard InChI is InChI=1S/C22H17FN2O3S/c1-12(26)18-19-14-8-4-6-10-16(14)28-22(18,2)24-21-25(19)20(27)17(29-21)11-13-7-3-5-9-15(13)23/h3-11,18-19H,1-2H3/b17-11-/t18-,19+,22+/m1/s1. The van der Waals surface area contributed by atoms with Crippen LogP contribution in [0.3, 0.4) is 0 Å². The summed E-state index contributed by atoms with van der Waals surface area (Å²) in [7, 11) is 0. The van der Waals surface area contributed by atoms with Gasteiger partial charge in [-0.15, -0.1) is 0 Å². The highest BCUT2D eigenvalue weighted by molar-refractivity contribution is 7.07. The van der Waals surface area contributed by atoms with Gasteiger partial charge in [0.2, 0.25) is 5.72 Å². The molecule has 5 rings (SSSR count). The lowest BCUT2D eigenvalue weighted by Gasteiger charge is -2.45. The van der Waals surface area contributed by atoms with E-state index in [1.54, 1.807) is 29.7 Å². The van der Waals surface area contributed by atoms with E-state index in [4.69, 9.17) is 4.74 Å². The molecule has 2 aliphatic heterocycles. The minimum Gasteiger partial charge on any atom is -0.465 e. The van der Waals surface area contributed by atoms with Crippen molar-refractivity contribution in [3.8, 4) is 5.75 Å². The molecule has 3 atom stereocenters. The van der Waals surface area contributed by atoms with E-state index in [1.807, 2.05) is 24.3 Å². The number of rotatable bonds is 2. The summed E-state index contributed by atoms with van der Waals surface area (Å²) in [5, 5.41) is 0. The summed E-state index contributed by atoms with van der Waals surface area (Å²) in [6.45, 7) is 3.27. The van der Waals surface area contributed by atoms with E-state index in [9.17, 15) is 14.0 Å². The number of aromatic nitrogens is 1. The average Bonchev–Trinajstić information content (AvgIpc) is 2.96. The van der Waals surface area contributed by atoms with Crippen molar-refractivity contribution in [1.29, 1.82) is 0 Å². The average molecular weight is 408 g/mol. The zero-order valence-corrected chi connectivity index (χ0v) is 16.6. The van der Waals surface area contributed by atoms with Crippen LogP contribution in [0.25, 0.3) is 6.08 Å². The summed E-state index contributed by atoms with van der Waals surface area (Å²) in [5.41, 5.74) is -0.277. The molecular weight excluding hydrogens is 391 g/mol. The summed E-state index contributed by atoms with van der Waals surface area (Å²) in [6, 6.07) is 13.2. The molecular formula is C22H17FN2O3S. The molecule has 2 bridgehead atoms. The van der Waals surface area contributed by atoms with Crippen LogP contribution >= 0.6 is 11.3 Å². The number of ketones is 1. The number of carbonyl (C=O) groups is 1. The van der Waals surface area contributed by atoms with Crippen LogP contribution < -0.4 is 19.6 Å². The summed E-state index contributed by atoms with van der Waals surface area (Å²) >= 11 is 1.18. The van der Waals surface area contributed by atoms with Gasteiger partial charge in [0.25, 0.3) is 5.56 Å². The molecule has 0 amide bonds. The van der Waals surface area contributed by atoms with Gasteiger partial charge in [-0.05, 0) is 32.1 Å². The van der Waals surface area contributed by atoms with E-state index in [0.717, 1.165) is 5.56 Å². The van der Waals surface area contributed by atoms with Crippen LogP contribution in [0.5, 0.6) is 5.75 Å². The van der Waals surface area contributed by atoms with Crippen molar-refractivity contribution in [1.82, 2.24) is 4.57 Å². The first kappa shape index (κ1) is 18.0. The normalized spacial score (nSPS) is 24.9. The number of fused-ring (bicyclic) bond motifs is 6. The fourth-order valence-corrected chi connectivity index (χ4v) is 5.38. The number of hydrogen-bond donors (Lipinski definition) is 0. The van der Waals surface area contributed by atoms with Crippen LogP contribution in [0.1, 0.15) is 31.0 Å². The molecule has 29 heavy (non-hydrogen) atoms. The summed E-state index contributed by atoms with van der Waals surface area (Å²) in [4.78, 5) is 31.0. The van der Waals surface area contributed by atoms with Gasteiger partial charge in [0, 0.05) is 11.1 Å². The van der Waals surface area contributed by atoms with Crippen molar-refractivity contribution >= 4 is 23.2 Å². The Morgan fingerprint density at radius 1 is 1.24 bits per heavy atom. The van der Waals surface area contributed by atoms with Crippen molar-refractivity contribution in [2.24, 2.45) is 10.9 Å². The number of benzene rings is 2. The van der Waals surface area contributed by atoms with Crippen molar-refractivity contribution in [3.05, 3.63) is 85.2 Å². The molecule has 0 spiro atoms. The van der Waals surface area contributed by atoms with Gasteiger partial charge >= 0.3 is 0 Å². The highest BCUT2D eigenvalue weighted by atomic mass is 32.1. The Morgan fingerprint density at radius 2 is 1.97 bits per heavy atom. The molecule has 5 nitrogen and oxygen atoms in total. The molecule has 0 saturated heterocycles. The Hall–Kier alpha value is -3.06. The van der Waals surface area contributed by atoms with E-state index in [1.165, 1.54) is 30.4 Å². The monoisotopic (exact) mass is 408 g/mol. The number of para-hydroxylation sites is 1. The Balaban J connectivity index is 1.83. The van der Waals surface area contributed by atoms with Gasteiger partial charge in [-0.2, -0.15) is 0 Å². The molecule has 146 valence electrons. The summed E-state index contributed by atoms with van der Waals surface area (Å²) < 4.78 is 22.2. The van der Waals surface area contributed by atoms with Gasteiger partial charge in [0.15, 0.2) is 4.80 Å². The number of thiazole rings is 1. The van der Waals surface area contributed by atoms with E-state index >= 15 is 0 Å². The maximum atomic E-state index is 14.1. The molecule has 0 aliphatic carbocycles. The first-order valence-electron chi connectivity index (χ1n) is 9.25. The summed E-state index contributed by atoms with van der Waals surface area (Å²) in [6.07, 6.45) is 1.53. The quantitative estimate of drug-likeness (QED) is 0.654. The van der Waals surface area contributed by atoms with Gasteiger partial charge in [-0.3, -0.25) is 14.2 Å².